The third-order valence-corrected chi connectivity index (χ3v) is 8.24. The molecular formula is C19H27FO2S. The van der Waals surface area contributed by atoms with Crippen LogP contribution in [0.15, 0.2) is 35.2 Å². The smallest absolute Gasteiger partial charge is 0.218 e. The molecule has 4 heteroatoms. The van der Waals surface area contributed by atoms with Crippen LogP contribution in [0.2, 0.25) is 0 Å². The maximum Gasteiger partial charge on any atom is 0.218 e. The number of sulfone groups is 1. The molecule has 2 saturated carbocycles. The maximum atomic E-state index is 15.4. The number of hydrogen-bond donors (Lipinski definition) is 0. The highest BCUT2D eigenvalue weighted by molar-refractivity contribution is 7.93. The molecular weight excluding hydrogens is 311 g/mol. The largest absolute Gasteiger partial charge is 0.226 e. The van der Waals surface area contributed by atoms with Gasteiger partial charge in [-0.05, 0) is 48.6 Å². The van der Waals surface area contributed by atoms with Gasteiger partial charge in [0.1, 0.15) is 0 Å². The summed E-state index contributed by atoms with van der Waals surface area (Å²) in [6.07, 6.45) is 3.41. The molecule has 0 aliphatic heterocycles. The van der Waals surface area contributed by atoms with E-state index in [2.05, 4.69) is 20.8 Å². The summed E-state index contributed by atoms with van der Waals surface area (Å²) in [6.45, 7) is 6.57. The molecule has 0 N–H and O–H groups in total. The average Bonchev–Trinajstić information content (AvgIpc) is 3.22. The minimum Gasteiger partial charge on any atom is -0.226 e. The Bertz CT molecular complexity index is 655. The van der Waals surface area contributed by atoms with Gasteiger partial charge in [0, 0.05) is 12.3 Å². The van der Waals surface area contributed by atoms with Gasteiger partial charge in [0.15, 0.2) is 0 Å². The minimum atomic E-state index is -3.90. The summed E-state index contributed by atoms with van der Waals surface area (Å²) >= 11 is 0. The lowest BCUT2D eigenvalue weighted by Crippen LogP contribution is -2.33. The van der Waals surface area contributed by atoms with Gasteiger partial charge in [0.2, 0.25) is 14.8 Å². The Labute approximate surface area is 139 Å². The first kappa shape index (κ1) is 16.9. The zero-order valence-electron chi connectivity index (χ0n) is 14.2. The van der Waals surface area contributed by atoms with Gasteiger partial charge in [-0.2, -0.15) is 0 Å². The highest BCUT2D eigenvalue weighted by Crippen LogP contribution is 2.62. The van der Waals surface area contributed by atoms with Crippen molar-refractivity contribution < 1.29 is 12.8 Å². The second-order valence-corrected chi connectivity index (χ2v) is 10.1. The van der Waals surface area contributed by atoms with Crippen molar-refractivity contribution in [3.63, 3.8) is 0 Å². The SMILES string of the molecule is CC(C)[C@@H]1CC[C@@H](C)CC1[C@@H]1C[C@@]1(F)S(=O)(=O)c1ccccc1. The first-order valence-electron chi connectivity index (χ1n) is 8.76. The number of rotatable bonds is 4. The maximum absolute atomic E-state index is 15.4. The van der Waals surface area contributed by atoms with Crippen molar-refractivity contribution in [1.29, 1.82) is 0 Å². The third kappa shape index (κ3) is 2.84. The lowest BCUT2D eigenvalue weighted by atomic mass is 9.68. The van der Waals surface area contributed by atoms with E-state index in [-0.39, 0.29) is 23.2 Å². The molecule has 1 aromatic carbocycles. The number of benzene rings is 1. The first-order valence-corrected chi connectivity index (χ1v) is 10.2. The first-order chi connectivity index (χ1) is 10.8. The quantitative estimate of drug-likeness (QED) is 0.786. The number of hydrogen-bond acceptors (Lipinski definition) is 2. The molecule has 0 aromatic heterocycles. The fourth-order valence-corrected chi connectivity index (χ4v) is 6.43. The van der Waals surface area contributed by atoms with Crippen molar-refractivity contribution >= 4 is 9.84 Å². The highest BCUT2D eigenvalue weighted by atomic mass is 32.2. The molecule has 0 saturated heterocycles. The zero-order chi connectivity index (χ0) is 16.8. The minimum absolute atomic E-state index is 0.120. The van der Waals surface area contributed by atoms with Crippen molar-refractivity contribution in [1.82, 2.24) is 0 Å². The lowest BCUT2D eigenvalue weighted by molar-refractivity contribution is 0.113. The van der Waals surface area contributed by atoms with E-state index in [0.717, 1.165) is 12.8 Å². The third-order valence-electron chi connectivity index (χ3n) is 5.98. The second kappa shape index (κ2) is 5.87. The van der Waals surface area contributed by atoms with Gasteiger partial charge in [-0.25, -0.2) is 12.8 Å². The van der Waals surface area contributed by atoms with Crippen molar-refractivity contribution in [3.8, 4) is 0 Å². The van der Waals surface area contributed by atoms with Gasteiger partial charge in [0.05, 0.1) is 4.90 Å². The van der Waals surface area contributed by atoms with E-state index in [1.165, 1.54) is 18.6 Å². The average molecular weight is 338 g/mol. The van der Waals surface area contributed by atoms with E-state index < -0.39 is 14.8 Å². The van der Waals surface area contributed by atoms with Crippen LogP contribution in [0.25, 0.3) is 0 Å². The summed E-state index contributed by atoms with van der Waals surface area (Å²) in [6, 6.07) is 8.09. The predicted molar refractivity (Wildman–Crippen MR) is 90.4 cm³/mol. The molecule has 5 atom stereocenters. The van der Waals surface area contributed by atoms with Crippen LogP contribution in [-0.4, -0.2) is 13.4 Å². The van der Waals surface area contributed by atoms with Gasteiger partial charge in [-0.3, -0.25) is 0 Å². The molecule has 2 fully saturated rings. The topological polar surface area (TPSA) is 34.1 Å². The second-order valence-electron chi connectivity index (χ2n) is 7.90. The van der Waals surface area contributed by atoms with Gasteiger partial charge in [-0.1, -0.05) is 45.4 Å². The van der Waals surface area contributed by atoms with E-state index in [1.807, 2.05) is 0 Å². The van der Waals surface area contributed by atoms with Crippen LogP contribution in [0, 0.1) is 29.6 Å². The molecule has 0 radical (unpaired) electrons. The van der Waals surface area contributed by atoms with E-state index in [4.69, 9.17) is 0 Å². The fraction of sp³-hybridized carbons (Fsp3) is 0.684. The highest BCUT2D eigenvalue weighted by Gasteiger charge is 2.68. The van der Waals surface area contributed by atoms with Crippen molar-refractivity contribution in [2.24, 2.45) is 29.6 Å². The Morgan fingerprint density at radius 1 is 1.17 bits per heavy atom. The monoisotopic (exact) mass is 338 g/mol. The Morgan fingerprint density at radius 2 is 1.83 bits per heavy atom. The Morgan fingerprint density at radius 3 is 2.43 bits per heavy atom. The van der Waals surface area contributed by atoms with Gasteiger partial charge >= 0.3 is 0 Å². The van der Waals surface area contributed by atoms with E-state index >= 15 is 4.39 Å². The summed E-state index contributed by atoms with van der Waals surface area (Å²) < 4.78 is 40.9. The Kier molecular flexibility index (Phi) is 4.33. The molecule has 2 aliphatic carbocycles. The summed E-state index contributed by atoms with van der Waals surface area (Å²) in [5.41, 5.74) is 0. The van der Waals surface area contributed by atoms with Crippen molar-refractivity contribution in [2.75, 3.05) is 0 Å². The molecule has 0 amide bonds. The van der Waals surface area contributed by atoms with Crippen molar-refractivity contribution in [2.45, 2.75) is 56.4 Å². The fourth-order valence-electron chi connectivity index (χ4n) is 4.56. The summed E-state index contributed by atoms with van der Waals surface area (Å²) in [4.78, 5) is 0.120. The number of alkyl halides is 1. The normalized spacial score (nSPS) is 37.8. The molecule has 1 aromatic rings. The van der Waals surface area contributed by atoms with Crippen molar-refractivity contribution in [3.05, 3.63) is 30.3 Å². The number of halogens is 1. The van der Waals surface area contributed by atoms with Crippen LogP contribution in [0.5, 0.6) is 0 Å². The zero-order valence-corrected chi connectivity index (χ0v) is 15.0. The van der Waals surface area contributed by atoms with Gasteiger partial charge in [0.25, 0.3) is 0 Å². The molecule has 1 unspecified atom stereocenters. The van der Waals surface area contributed by atoms with Gasteiger partial charge < -0.3 is 0 Å². The van der Waals surface area contributed by atoms with E-state index in [9.17, 15) is 8.42 Å². The molecule has 23 heavy (non-hydrogen) atoms. The summed E-state index contributed by atoms with van der Waals surface area (Å²) in [5.74, 6) is 1.36. The predicted octanol–water partition coefficient (Wildman–Crippen LogP) is 4.85. The molecule has 0 heterocycles. The van der Waals surface area contributed by atoms with Crippen LogP contribution < -0.4 is 0 Å². The van der Waals surface area contributed by atoms with Crippen LogP contribution in [-0.2, 0) is 9.84 Å². The molecule has 2 nitrogen and oxygen atoms in total. The Balaban J connectivity index is 1.86. The van der Waals surface area contributed by atoms with Crippen LogP contribution in [0.3, 0.4) is 0 Å². The molecule has 3 rings (SSSR count). The Hall–Kier alpha value is -0.900. The van der Waals surface area contributed by atoms with E-state index in [0.29, 0.717) is 17.8 Å². The lowest BCUT2D eigenvalue weighted by Gasteiger charge is -2.38. The summed E-state index contributed by atoms with van der Waals surface area (Å²) in [7, 11) is -3.90. The van der Waals surface area contributed by atoms with Gasteiger partial charge in [-0.15, -0.1) is 0 Å². The molecule has 0 bridgehead atoms. The summed E-state index contributed by atoms with van der Waals surface area (Å²) in [5, 5.41) is -2.05. The van der Waals surface area contributed by atoms with Crippen LogP contribution in [0.1, 0.15) is 46.5 Å². The molecule has 2 aliphatic rings. The van der Waals surface area contributed by atoms with Crippen LogP contribution >= 0.6 is 0 Å². The molecule has 0 spiro atoms. The van der Waals surface area contributed by atoms with Crippen LogP contribution in [0.4, 0.5) is 4.39 Å². The standard InChI is InChI=1S/C19H27FO2S/c1-13(2)16-10-9-14(3)11-17(16)18-12-19(18,20)23(21,22)15-7-5-4-6-8-15/h4-8,13-14,16-18H,9-12H2,1-3H3/t14-,16+,17?,18+,19-/m1/s1. The van der Waals surface area contributed by atoms with E-state index in [1.54, 1.807) is 18.2 Å². The molecule has 128 valence electrons.